The zero-order chi connectivity index (χ0) is 16.3. The molecule has 0 rings (SSSR count). The van der Waals surface area contributed by atoms with Crippen LogP contribution in [0.3, 0.4) is 0 Å². The van der Waals surface area contributed by atoms with E-state index >= 15 is 0 Å². The van der Waals surface area contributed by atoms with Gasteiger partial charge in [-0.15, -0.1) is 0 Å². The number of hydroxylamine groups is 2. The van der Waals surface area contributed by atoms with Crippen LogP contribution in [0.2, 0.25) is 0 Å². The number of carboxylic acids is 1. The van der Waals surface area contributed by atoms with Gasteiger partial charge in [0.1, 0.15) is 12.2 Å². The van der Waals surface area contributed by atoms with Crippen LogP contribution in [0.5, 0.6) is 0 Å². The minimum atomic E-state index is -1.19. The fourth-order valence-corrected chi connectivity index (χ4v) is 1.65. The van der Waals surface area contributed by atoms with Crippen molar-refractivity contribution in [3.05, 3.63) is 0 Å². The summed E-state index contributed by atoms with van der Waals surface area (Å²) in [7, 11) is 0. The highest BCUT2D eigenvalue weighted by atomic mass is 32.2. The second kappa shape index (κ2) is 12.1. The molecule has 5 N–H and O–H groups in total. The van der Waals surface area contributed by atoms with E-state index in [9.17, 15) is 20.1 Å². The fraction of sp³-hybridized carbons (Fsp3) is 0.909. The molecule has 0 fully saturated rings. The summed E-state index contributed by atoms with van der Waals surface area (Å²) in [4.78, 5) is 21.3. The van der Waals surface area contributed by atoms with Crippen LogP contribution in [0.15, 0.2) is 0 Å². The number of hydrogen-bond acceptors (Lipinski definition) is 9. The van der Waals surface area contributed by atoms with Crippen LogP contribution >= 0.6 is 11.8 Å². The van der Waals surface area contributed by atoms with Crippen LogP contribution in [0.25, 0.3) is 0 Å². The minimum absolute atomic E-state index is 0.209. The smallest absolute Gasteiger partial charge is 0.326 e. The maximum Gasteiger partial charge on any atom is 0.326 e. The lowest BCUT2D eigenvalue weighted by molar-refractivity contribution is -0.394. The normalized spacial score (nSPS) is 15.9. The van der Waals surface area contributed by atoms with Crippen molar-refractivity contribution in [3.63, 3.8) is 0 Å². The first-order valence-electron chi connectivity index (χ1n) is 6.30. The molecule has 0 amide bonds. The van der Waals surface area contributed by atoms with E-state index in [0.29, 0.717) is 11.0 Å². The lowest BCUT2D eigenvalue weighted by atomic mass is 10.2. The predicted molar refractivity (Wildman–Crippen MR) is 74.4 cm³/mol. The molecule has 0 spiro atoms. The molecule has 0 radical (unpaired) electrons. The Balaban J connectivity index is 4.66. The van der Waals surface area contributed by atoms with Crippen molar-refractivity contribution >= 4 is 17.7 Å². The summed E-state index contributed by atoms with van der Waals surface area (Å²) in [6, 6.07) is -1.14. The minimum Gasteiger partial charge on any atom is -0.480 e. The molecule has 3 atom stereocenters. The summed E-state index contributed by atoms with van der Waals surface area (Å²) in [6.45, 7) is -1.82. The third-order valence-electron chi connectivity index (χ3n) is 2.34. The summed E-state index contributed by atoms with van der Waals surface area (Å²) in [6.07, 6.45) is -0.348. The van der Waals surface area contributed by atoms with Gasteiger partial charge in [-0.05, 0) is 18.4 Å². The monoisotopic (exact) mass is 329 g/mol. The van der Waals surface area contributed by atoms with Gasteiger partial charge in [0.25, 0.3) is 0 Å². The summed E-state index contributed by atoms with van der Waals surface area (Å²) in [5.41, 5.74) is 0. The average molecular weight is 329 g/mol. The predicted octanol–water partition coefficient (Wildman–Crippen LogP) is -1.94. The van der Waals surface area contributed by atoms with Crippen molar-refractivity contribution in [3.8, 4) is 0 Å². The van der Waals surface area contributed by atoms with Crippen molar-refractivity contribution in [1.29, 1.82) is 0 Å². The topological polar surface area (TPSA) is 140 Å². The van der Waals surface area contributed by atoms with Crippen LogP contribution in [0, 0.1) is 0 Å². The molecule has 0 saturated carbocycles. The number of carbonyl (C=O) groups is 1. The molecule has 0 aromatic rings. The lowest BCUT2D eigenvalue weighted by Gasteiger charge is -2.28. The highest BCUT2D eigenvalue weighted by Gasteiger charge is 2.28. The molecule has 126 valence electrons. The largest absolute Gasteiger partial charge is 0.480 e. The Bertz CT molecular complexity index is 269. The molecule has 0 aromatic heterocycles. The van der Waals surface area contributed by atoms with Crippen molar-refractivity contribution in [2.24, 2.45) is 0 Å². The van der Waals surface area contributed by atoms with Crippen LogP contribution < -0.4 is 0 Å². The van der Waals surface area contributed by atoms with Crippen molar-refractivity contribution in [2.45, 2.75) is 24.7 Å². The average Bonchev–Trinajstić information content (AvgIpc) is 2.48. The fourth-order valence-electron chi connectivity index (χ4n) is 1.19. The first kappa shape index (κ1) is 20.5. The van der Waals surface area contributed by atoms with E-state index in [2.05, 4.69) is 0 Å². The van der Waals surface area contributed by atoms with Crippen LogP contribution in [-0.4, -0.2) is 93.4 Å². The molecule has 0 bridgehead atoms. The number of thioether (sulfide) groups is 1. The number of hydrogen-bond donors (Lipinski definition) is 5. The molecule has 0 saturated heterocycles. The van der Waals surface area contributed by atoms with E-state index in [-0.39, 0.29) is 19.6 Å². The maximum atomic E-state index is 11.2. The molecular formula is C11H23NO8S. The third-order valence-corrected chi connectivity index (χ3v) is 2.99. The van der Waals surface area contributed by atoms with Gasteiger partial charge in [-0.1, -0.05) is 5.23 Å². The maximum absolute atomic E-state index is 11.2. The van der Waals surface area contributed by atoms with E-state index in [1.54, 1.807) is 0 Å². The molecule has 0 aliphatic rings. The van der Waals surface area contributed by atoms with E-state index < -0.39 is 37.4 Å². The molecule has 10 heteroatoms. The Morgan fingerprint density at radius 3 is 1.95 bits per heavy atom. The van der Waals surface area contributed by atoms with E-state index in [4.69, 9.17) is 19.9 Å². The second-order valence-corrected chi connectivity index (χ2v) is 5.17. The highest BCUT2D eigenvalue weighted by molar-refractivity contribution is 7.98. The Labute approximate surface area is 127 Å². The van der Waals surface area contributed by atoms with Gasteiger partial charge < -0.3 is 25.5 Å². The van der Waals surface area contributed by atoms with Gasteiger partial charge in [-0.2, -0.15) is 11.8 Å². The number of aliphatic carboxylic acids is 1. The summed E-state index contributed by atoms with van der Waals surface area (Å²) in [5, 5.41) is 45.7. The number of aliphatic hydroxyl groups excluding tert-OH is 4. The highest BCUT2D eigenvalue weighted by Crippen LogP contribution is 2.11. The van der Waals surface area contributed by atoms with Gasteiger partial charge in [0.2, 0.25) is 0 Å². The van der Waals surface area contributed by atoms with Gasteiger partial charge in [0.05, 0.1) is 26.4 Å². The molecular weight excluding hydrogens is 306 g/mol. The van der Waals surface area contributed by atoms with E-state index in [1.807, 2.05) is 6.26 Å². The second-order valence-electron chi connectivity index (χ2n) is 4.19. The van der Waals surface area contributed by atoms with Crippen molar-refractivity contribution < 1.29 is 40.0 Å². The molecule has 0 aliphatic carbocycles. The van der Waals surface area contributed by atoms with Crippen LogP contribution in [0.4, 0.5) is 0 Å². The standard InChI is InChI=1S/C11H23NO8S/c1-21-3-2-10(11(17)18)12(19-6-8(15)4-13)20-7-9(16)5-14/h8-10,13-16H,2-7H2,1H3,(H,17,18)/t8?,9?,10-/m0/s1. The molecule has 9 nitrogen and oxygen atoms in total. The van der Waals surface area contributed by atoms with Gasteiger partial charge in [-0.3, -0.25) is 14.5 Å². The third kappa shape index (κ3) is 9.22. The number of carboxylic acid groups (broad SMARTS) is 1. The van der Waals surface area contributed by atoms with Gasteiger partial charge in [0.15, 0.2) is 6.04 Å². The molecule has 0 aromatic carbocycles. The van der Waals surface area contributed by atoms with Crippen LogP contribution in [0.1, 0.15) is 6.42 Å². The van der Waals surface area contributed by atoms with E-state index in [0.717, 1.165) is 0 Å². The van der Waals surface area contributed by atoms with Crippen LogP contribution in [-0.2, 0) is 14.5 Å². The Morgan fingerprint density at radius 2 is 1.62 bits per heavy atom. The van der Waals surface area contributed by atoms with Crippen molar-refractivity contribution in [1.82, 2.24) is 5.23 Å². The Morgan fingerprint density at radius 1 is 1.14 bits per heavy atom. The summed E-state index contributed by atoms with van der Waals surface area (Å²) >= 11 is 1.44. The molecule has 2 unspecified atom stereocenters. The van der Waals surface area contributed by atoms with Gasteiger partial charge in [-0.25, -0.2) is 0 Å². The zero-order valence-electron chi connectivity index (χ0n) is 11.8. The number of aliphatic hydroxyl groups is 4. The Hall–Kier alpha value is -0.460. The zero-order valence-corrected chi connectivity index (χ0v) is 12.6. The summed E-state index contributed by atoms with van der Waals surface area (Å²) in [5.74, 6) is -0.660. The molecule has 0 heterocycles. The molecule has 0 aliphatic heterocycles. The van der Waals surface area contributed by atoms with Gasteiger partial charge >= 0.3 is 5.97 Å². The first-order chi connectivity index (χ1) is 9.96. The number of nitrogens with zero attached hydrogens (tertiary/aromatic N) is 1. The first-order valence-corrected chi connectivity index (χ1v) is 7.70. The SMILES string of the molecule is CSCC[C@@H](C(=O)O)N(OCC(O)CO)OCC(O)CO. The number of rotatable bonds is 13. The van der Waals surface area contributed by atoms with E-state index in [1.165, 1.54) is 11.8 Å². The summed E-state index contributed by atoms with van der Waals surface area (Å²) < 4.78 is 0. The Kier molecular flexibility index (Phi) is 11.9. The quantitative estimate of drug-likeness (QED) is 0.242. The van der Waals surface area contributed by atoms with Gasteiger partial charge in [0, 0.05) is 0 Å². The van der Waals surface area contributed by atoms with Crippen molar-refractivity contribution in [2.75, 3.05) is 38.4 Å². The molecule has 21 heavy (non-hydrogen) atoms. The lowest BCUT2D eigenvalue weighted by Crippen LogP contribution is -2.44.